The average Bonchev–Trinajstić information content (AvgIpc) is 2.72. The summed E-state index contributed by atoms with van der Waals surface area (Å²) in [6, 6.07) is 12.6. The molecular formula is C22H26ClFN2O2S. The summed E-state index contributed by atoms with van der Waals surface area (Å²) in [7, 11) is 0. The number of carbonyl (C=O) groups is 2. The Hall–Kier alpha value is -2.05. The summed E-state index contributed by atoms with van der Waals surface area (Å²) in [4.78, 5) is 28.1. The molecule has 0 heterocycles. The molecule has 0 aliphatic rings. The molecule has 0 aliphatic carbocycles. The second kappa shape index (κ2) is 11.2. The number of amides is 2. The quantitative estimate of drug-likeness (QED) is 0.568. The van der Waals surface area contributed by atoms with Gasteiger partial charge in [0.1, 0.15) is 11.9 Å². The second-order valence-electron chi connectivity index (χ2n) is 6.88. The normalized spacial score (nSPS) is 12.9. The van der Waals surface area contributed by atoms with Gasteiger partial charge in [0.05, 0.1) is 5.75 Å². The third kappa shape index (κ3) is 7.37. The van der Waals surface area contributed by atoms with Gasteiger partial charge >= 0.3 is 0 Å². The standard InChI is InChI=1S/C22H26ClFN2O2S/c1-4-15(2)25-22(28)16(3)26(13-17-5-9-19(24)10-6-17)21(27)14-29-20-11-7-18(23)8-12-20/h5-12,15-16H,4,13-14H2,1-3H3,(H,25,28)/t15-,16-/m0/s1. The lowest BCUT2D eigenvalue weighted by Gasteiger charge is -2.29. The summed E-state index contributed by atoms with van der Waals surface area (Å²) in [6.07, 6.45) is 0.802. The van der Waals surface area contributed by atoms with Crippen LogP contribution in [0.25, 0.3) is 0 Å². The number of thioether (sulfide) groups is 1. The first-order valence-electron chi connectivity index (χ1n) is 9.52. The van der Waals surface area contributed by atoms with Crippen LogP contribution in [0.5, 0.6) is 0 Å². The van der Waals surface area contributed by atoms with Crippen LogP contribution in [0, 0.1) is 5.82 Å². The van der Waals surface area contributed by atoms with Gasteiger partial charge in [-0.3, -0.25) is 9.59 Å². The molecule has 0 saturated heterocycles. The van der Waals surface area contributed by atoms with Crippen molar-refractivity contribution in [1.29, 1.82) is 0 Å². The van der Waals surface area contributed by atoms with Crippen molar-refractivity contribution in [3.05, 3.63) is 64.9 Å². The molecule has 0 aliphatic heterocycles. The molecule has 2 aromatic rings. The van der Waals surface area contributed by atoms with Gasteiger partial charge in [-0.2, -0.15) is 0 Å². The largest absolute Gasteiger partial charge is 0.352 e. The van der Waals surface area contributed by atoms with Crippen LogP contribution in [0.2, 0.25) is 5.02 Å². The van der Waals surface area contributed by atoms with Gasteiger partial charge in [-0.1, -0.05) is 30.7 Å². The van der Waals surface area contributed by atoms with E-state index in [-0.39, 0.29) is 36.0 Å². The van der Waals surface area contributed by atoms with E-state index in [1.54, 1.807) is 31.2 Å². The van der Waals surface area contributed by atoms with Gasteiger partial charge in [0.15, 0.2) is 0 Å². The molecule has 0 bridgehead atoms. The van der Waals surface area contributed by atoms with E-state index in [1.807, 2.05) is 26.0 Å². The summed E-state index contributed by atoms with van der Waals surface area (Å²) in [5.41, 5.74) is 0.763. The van der Waals surface area contributed by atoms with Crippen molar-refractivity contribution in [3.8, 4) is 0 Å². The van der Waals surface area contributed by atoms with E-state index in [4.69, 9.17) is 11.6 Å². The first-order valence-corrected chi connectivity index (χ1v) is 10.9. The van der Waals surface area contributed by atoms with E-state index in [1.165, 1.54) is 28.8 Å². The van der Waals surface area contributed by atoms with Gasteiger partial charge in [-0.05, 0) is 62.2 Å². The van der Waals surface area contributed by atoms with Crippen LogP contribution < -0.4 is 5.32 Å². The van der Waals surface area contributed by atoms with E-state index in [2.05, 4.69) is 5.32 Å². The lowest BCUT2D eigenvalue weighted by atomic mass is 10.1. The minimum atomic E-state index is -0.646. The van der Waals surface area contributed by atoms with Gasteiger partial charge in [0.2, 0.25) is 11.8 Å². The second-order valence-corrected chi connectivity index (χ2v) is 8.37. The minimum absolute atomic E-state index is 0.0242. The topological polar surface area (TPSA) is 49.4 Å². The molecular weight excluding hydrogens is 411 g/mol. The zero-order chi connectivity index (χ0) is 21.4. The molecule has 0 unspecified atom stereocenters. The maximum atomic E-state index is 13.2. The molecule has 0 spiro atoms. The molecule has 2 atom stereocenters. The Labute approximate surface area is 180 Å². The van der Waals surface area contributed by atoms with Crippen LogP contribution in [-0.2, 0) is 16.1 Å². The van der Waals surface area contributed by atoms with Crippen LogP contribution in [0.15, 0.2) is 53.4 Å². The van der Waals surface area contributed by atoms with Crippen LogP contribution in [0.1, 0.15) is 32.8 Å². The van der Waals surface area contributed by atoms with Crippen molar-refractivity contribution in [1.82, 2.24) is 10.2 Å². The van der Waals surface area contributed by atoms with E-state index in [9.17, 15) is 14.0 Å². The van der Waals surface area contributed by atoms with Gasteiger partial charge in [0, 0.05) is 22.5 Å². The maximum Gasteiger partial charge on any atom is 0.242 e. The fraction of sp³-hybridized carbons (Fsp3) is 0.364. The Kier molecular flexibility index (Phi) is 8.99. The number of hydrogen-bond acceptors (Lipinski definition) is 3. The first kappa shape index (κ1) is 23.2. The first-order chi connectivity index (χ1) is 13.8. The third-order valence-corrected chi connectivity index (χ3v) is 5.86. The van der Waals surface area contributed by atoms with Crippen molar-refractivity contribution in [2.24, 2.45) is 0 Å². The lowest BCUT2D eigenvalue weighted by Crippen LogP contribution is -2.50. The van der Waals surface area contributed by atoms with Crippen molar-refractivity contribution >= 4 is 35.2 Å². The smallest absolute Gasteiger partial charge is 0.242 e. The Bertz CT molecular complexity index is 815. The zero-order valence-corrected chi connectivity index (χ0v) is 18.4. The fourth-order valence-corrected chi connectivity index (χ4v) is 3.50. The molecule has 0 radical (unpaired) electrons. The monoisotopic (exact) mass is 436 g/mol. The highest BCUT2D eigenvalue weighted by Crippen LogP contribution is 2.22. The van der Waals surface area contributed by atoms with E-state index in [0.717, 1.165) is 16.9 Å². The fourth-order valence-electron chi connectivity index (χ4n) is 2.59. The number of nitrogens with one attached hydrogen (secondary N) is 1. The summed E-state index contributed by atoms with van der Waals surface area (Å²) < 4.78 is 13.2. The number of hydrogen-bond donors (Lipinski definition) is 1. The number of nitrogens with zero attached hydrogens (tertiary/aromatic N) is 1. The predicted octanol–water partition coefficient (Wildman–Crippen LogP) is 4.90. The van der Waals surface area contributed by atoms with Crippen molar-refractivity contribution in [2.75, 3.05) is 5.75 Å². The van der Waals surface area contributed by atoms with E-state index in [0.29, 0.717) is 5.02 Å². The zero-order valence-electron chi connectivity index (χ0n) is 16.8. The SMILES string of the molecule is CC[C@H](C)NC(=O)[C@H](C)N(Cc1ccc(F)cc1)C(=O)CSc1ccc(Cl)cc1. The molecule has 0 saturated carbocycles. The molecule has 2 aromatic carbocycles. The Balaban J connectivity index is 2.13. The van der Waals surface area contributed by atoms with Crippen LogP contribution in [0.3, 0.4) is 0 Å². The molecule has 1 N–H and O–H groups in total. The lowest BCUT2D eigenvalue weighted by molar-refractivity contribution is -0.138. The molecule has 29 heavy (non-hydrogen) atoms. The van der Waals surface area contributed by atoms with Gasteiger partial charge in [0.25, 0.3) is 0 Å². The number of carbonyl (C=O) groups excluding carboxylic acids is 2. The van der Waals surface area contributed by atoms with Crippen LogP contribution in [-0.4, -0.2) is 34.6 Å². The molecule has 156 valence electrons. The molecule has 7 heteroatoms. The summed E-state index contributed by atoms with van der Waals surface area (Å²) in [6.45, 7) is 5.86. The highest BCUT2D eigenvalue weighted by molar-refractivity contribution is 8.00. The van der Waals surface area contributed by atoms with Gasteiger partial charge < -0.3 is 10.2 Å². The number of benzene rings is 2. The van der Waals surface area contributed by atoms with Crippen LogP contribution in [0.4, 0.5) is 4.39 Å². The van der Waals surface area contributed by atoms with Crippen molar-refractivity contribution in [3.63, 3.8) is 0 Å². The molecule has 4 nitrogen and oxygen atoms in total. The Morgan fingerprint density at radius 1 is 1.10 bits per heavy atom. The summed E-state index contributed by atoms with van der Waals surface area (Å²) in [5.74, 6) is -0.524. The molecule has 0 aromatic heterocycles. The molecule has 0 fully saturated rings. The molecule has 2 amide bonds. The average molecular weight is 437 g/mol. The Morgan fingerprint density at radius 3 is 2.31 bits per heavy atom. The highest BCUT2D eigenvalue weighted by atomic mass is 35.5. The van der Waals surface area contributed by atoms with E-state index < -0.39 is 6.04 Å². The van der Waals surface area contributed by atoms with Gasteiger partial charge in [-0.15, -0.1) is 11.8 Å². The predicted molar refractivity (Wildman–Crippen MR) is 116 cm³/mol. The molecule has 2 rings (SSSR count). The third-order valence-electron chi connectivity index (χ3n) is 4.61. The van der Waals surface area contributed by atoms with Crippen molar-refractivity contribution < 1.29 is 14.0 Å². The summed E-state index contributed by atoms with van der Waals surface area (Å²) in [5, 5.41) is 3.56. The highest BCUT2D eigenvalue weighted by Gasteiger charge is 2.26. The van der Waals surface area contributed by atoms with Crippen molar-refractivity contribution in [2.45, 2.75) is 50.7 Å². The minimum Gasteiger partial charge on any atom is -0.352 e. The Morgan fingerprint density at radius 2 is 1.72 bits per heavy atom. The van der Waals surface area contributed by atoms with Gasteiger partial charge in [-0.25, -0.2) is 4.39 Å². The summed E-state index contributed by atoms with van der Waals surface area (Å²) >= 11 is 7.28. The number of halogens is 2. The maximum absolute atomic E-state index is 13.2. The number of rotatable bonds is 9. The van der Waals surface area contributed by atoms with E-state index >= 15 is 0 Å². The van der Waals surface area contributed by atoms with Crippen LogP contribution >= 0.6 is 23.4 Å².